The highest BCUT2D eigenvalue weighted by atomic mass is 79.9. The molecule has 2 aromatic rings. The molecule has 0 fully saturated rings. The number of benzene rings is 1. The van der Waals surface area contributed by atoms with Gasteiger partial charge in [-0.25, -0.2) is 0 Å². The Hall–Kier alpha value is 0.0700. The molecule has 1 nitrogen and oxygen atoms in total. The molecule has 0 radical (unpaired) electrons. The van der Waals surface area contributed by atoms with E-state index in [9.17, 15) is 0 Å². The predicted octanol–water partition coefficient (Wildman–Crippen LogP) is 6.08. The van der Waals surface area contributed by atoms with E-state index in [1.165, 1.54) is 11.3 Å². The first kappa shape index (κ1) is 13.5. The number of thiophene rings is 1. The molecule has 0 aliphatic rings. The molecule has 0 aliphatic carbocycles. The summed E-state index contributed by atoms with van der Waals surface area (Å²) in [6.07, 6.45) is 0. The highest BCUT2D eigenvalue weighted by Crippen LogP contribution is 2.33. The van der Waals surface area contributed by atoms with Gasteiger partial charge in [0.1, 0.15) is 4.34 Å². The normalized spacial score (nSPS) is 10.6. The van der Waals surface area contributed by atoms with Gasteiger partial charge in [-0.2, -0.15) is 0 Å². The second-order valence-electron chi connectivity index (χ2n) is 3.31. The molecule has 0 saturated carbocycles. The van der Waals surface area contributed by atoms with Gasteiger partial charge in [0.15, 0.2) is 0 Å². The second-order valence-corrected chi connectivity index (χ2v) is 6.75. The summed E-state index contributed by atoms with van der Waals surface area (Å²) in [5.74, 6) is 0. The molecule has 0 amide bonds. The van der Waals surface area contributed by atoms with E-state index >= 15 is 0 Å². The van der Waals surface area contributed by atoms with Crippen LogP contribution >= 0.6 is 62.1 Å². The van der Waals surface area contributed by atoms with Crippen LogP contribution in [0.1, 0.15) is 4.88 Å². The topological polar surface area (TPSA) is 12.0 Å². The van der Waals surface area contributed by atoms with Gasteiger partial charge >= 0.3 is 0 Å². The van der Waals surface area contributed by atoms with Gasteiger partial charge in [0.2, 0.25) is 0 Å². The minimum Gasteiger partial charge on any atom is -0.379 e. The third kappa shape index (κ3) is 3.52. The molecule has 1 N–H and O–H groups in total. The Morgan fingerprint density at radius 1 is 1.18 bits per heavy atom. The fourth-order valence-electron chi connectivity index (χ4n) is 1.29. The zero-order valence-electron chi connectivity index (χ0n) is 8.44. The van der Waals surface area contributed by atoms with Crippen molar-refractivity contribution in [3.05, 3.63) is 48.0 Å². The maximum atomic E-state index is 6.05. The van der Waals surface area contributed by atoms with E-state index in [2.05, 4.69) is 21.2 Å². The summed E-state index contributed by atoms with van der Waals surface area (Å²) >= 11 is 22.7. The van der Waals surface area contributed by atoms with Crippen LogP contribution in [0.5, 0.6) is 0 Å². The molecule has 1 aromatic heterocycles. The lowest BCUT2D eigenvalue weighted by molar-refractivity contribution is 1.19. The van der Waals surface area contributed by atoms with E-state index < -0.39 is 0 Å². The number of rotatable bonds is 3. The zero-order valence-corrected chi connectivity index (χ0v) is 13.1. The van der Waals surface area contributed by atoms with Gasteiger partial charge in [0.25, 0.3) is 0 Å². The van der Waals surface area contributed by atoms with Crippen LogP contribution in [0.3, 0.4) is 0 Å². The fraction of sp³-hybridized carbons (Fsp3) is 0.0909. The maximum Gasteiger partial charge on any atom is 0.107 e. The number of nitrogens with one attached hydrogen (secondary N) is 1. The van der Waals surface area contributed by atoms with E-state index in [1.807, 2.05) is 12.1 Å². The standard InChI is InChI=1S/C11H7BrCl3NS/c12-8-4-7(17-11(8)15)5-16-10-2-1-6(13)3-9(10)14/h1-4,16H,5H2. The molecule has 0 spiro atoms. The monoisotopic (exact) mass is 369 g/mol. The summed E-state index contributed by atoms with van der Waals surface area (Å²) in [4.78, 5) is 1.13. The predicted molar refractivity (Wildman–Crippen MR) is 80.8 cm³/mol. The van der Waals surface area contributed by atoms with Crippen molar-refractivity contribution in [3.8, 4) is 0 Å². The van der Waals surface area contributed by atoms with Crippen LogP contribution in [0.25, 0.3) is 0 Å². The highest BCUT2D eigenvalue weighted by Gasteiger charge is 2.05. The Bertz CT molecular complexity index is 522. The first-order valence-corrected chi connectivity index (χ1v) is 7.43. The molecule has 0 aliphatic heterocycles. The van der Waals surface area contributed by atoms with Crippen LogP contribution in [0.2, 0.25) is 14.4 Å². The molecule has 0 atom stereocenters. The lowest BCUT2D eigenvalue weighted by atomic mass is 10.3. The molecule has 1 aromatic carbocycles. The van der Waals surface area contributed by atoms with Crippen LogP contribution in [-0.4, -0.2) is 0 Å². The van der Waals surface area contributed by atoms with Crippen molar-refractivity contribution in [2.75, 3.05) is 5.32 Å². The molecule has 17 heavy (non-hydrogen) atoms. The Morgan fingerprint density at radius 3 is 2.53 bits per heavy atom. The van der Waals surface area contributed by atoms with Gasteiger partial charge in [-0.3, -0.25) is 0 Å². The van der Waals surface area contributed by atoms with Gasteiger partial charge in [0.05, 0.1) is 10.7 Å². The van der Waals surface area contributed by atoms with Crippen LogP contribution in [-0.2, 0) is 6.54 Å². The molecule has 90 valence electrons. The molecule has 0 unspecified atom stereocenters. The van der Waals surface area contributed by atoms with Crippen molar-refractivity contribution in [2.24, 2.45) is 0 Å². The van der Waals surface area contributed by atoms with E-state index in [0.717, 1.165) is 19.4 Å². The maximum absolute atomic E-state index is 6.05. The molecule has 6 heteroatoms. The highest BCUT2D eigenvalue weighted by molar-refractivity contribution is 9.10. The molecule has 1 heterocycles. The Balaban J connectivity index is 2.07. The minimum atomic E-state index is 0.610. The largest absolute Gasteiger partial charge is 0.379 e. The summed E-state index contributed by atoms with van der Waals surface area (Å²) in [6.45, 7) is 0.678. The first-order valence-electron chi connectivity index (χ1n) is 4.69. The average molecular weight is 372 g/mol. The average Bonchev–Trinajstić information content (AvgIpc) is 2.57. The van der Waals surface area contributed by atoms with Gasteiger partial charge < -0.3 is 5.32 Å². The molecule has 0 bridgehead atoms. The number of halogens is 4. The van der Waals surface area contributed by atoms with Gasteiger partial charge in [0, 0.05) is 20.9 Å². The lowest BCUT2D eigenvalue weighted by Gasteiger charge is -2.07. The fourth-order valence-corrected chi connectivity index (χ4v) is 3.50. The van der Waals surface area contributed by atoms with Crippen LogP contribution in [0, 0.1) is 0 Å². The first-order chi connectivity index (χ1) is 8.06. The number of hydrogen-bond donors (Lipinski definition) is 1. The van der Waals surface area contributed by atoms with E-state index in [1.54, 1.807) is 12.1 Å². The van der Waals surface area contributed by atoms with Crippen molar-refractivity contribution < 1.29 is 0 Å². The van der Waals surface area contributed by atoms with Crippen LogP contribution in [0.15, 0.2) is 28.7 Å². The van der Waals surface area contributed by atoms with Crippen molar-refractivity contribution in [2.45, 2.75) is 6.54 Å². The van der Waals surface area contributed by atoms with Crippen LogP contribution in [0.4, 0.5) is 5.69 Å². The molecule has 0 saturated heterocycles. The zero-order chi connectivity index (χ0) is 12.4. The van der Waals surface area contributed by atoms with Gasteiger partial charge in [-0.1, -0.05) is 34.8 Å². The molecule has 2 rings (SSSR count). The van der Waals surface area contributed by atoms with Gasteiger partial charge in [-0.15, -0.1) is 11.3 Å². The second kappa shape index (κ2) is 5.81. The SMILES string of the molecule is Clc1ccc(NCc2cc(Br)c(Cl)s2)c(Cl)c1. The Morgan fingerprint density at radius 2 is 1.94 bits per heavy atom. The van der Waals surface area contributed by atoms with Crippen molar-refractivity contribution >= 4 is 67.8 Å². The summed E-state index contributed by atoms with van der Waals surface area (Å²) < 4.78 is 1.67. The summed E-state index contributed by atoms with van der Waals surface area (Å²) in [7, 11) is 0. The smallest absolute Gasteiger partial charge is 0.107 e. The summed E-state index contributed by atoms with van der Waals surface area (Å²) in [6, 6.07) is 7.36. The number of hydrogen-bond acceptors (Lipinski definition) is 2. The van der Waals surface area contributed by atoms with E-state index in [4.69, 9.17) is 34.8 Å². The van der Waals surface area contributed by atoms with Crippen LogP contribution < -0.4 is 5.32 Å². The quantitative estimate of drug-likeness (QED) is 0.689. The number of anilines is 1. The van der Waals surface area contributed by atoms with E-state index in [-0.39, 0.29) is 0 Å². The Kier molecular flexibility index (Phi) is 4.61. The minimum absolute atomic E-state index is 0.610. The Labute approximate surface area is 127 Å². The lowest BCUT2D eigenvalue weighted by Crippen LogP contribution is -1.97. The van der Waals surface area contributed by atoms with Crippen molar-refractivity contribution in [3.63, 3.8) is 0 Å². The van der Waals surface area contributed by atoms with Crippen molar-refractivity contribution in [1.82, 2.24) is 0 Å². The van der Waals surface area contributed by atoms with Crippen molar-refractivity contribution in [1.29, 1.82) is 0 Å². The third-order valence-corrected chi connectivity index (χ3v) is 5.10. The molecular formula is C11H7BrCl3NS. The van der Waals surface area contributed by atoms with E-state index in [0.29, 0.717) is 16.6 Å². The summed E-state index contributed by atoms with van der Waals surface area (Å²) in [5.41, 5.74) is 0.858. The molecular weight excluding hydrogens is 364 g/mol. The van der Waals surface area contributed by atoms with Gasteiger partial charge in [-0.05, 0) is 40.2 Å². The summed E-state index contributed by atoms with van der Waals surface area (Å²) in [5, 5.41) is 4.48. The third-order valence-electron chi connectivity index (χ3n) is 2.08.